The molecule has 6 nitrogen and oxygen atoms in total. The maximum atomic E-state index is 12.0. The molecular weight excluding hydrogens is 316 g/mol. The molecule has 0 saturated carbocycles. The van der Waals surface area contributed by atoms with Crippen LogP contribution in [0.1, 0.15) is 35.7 Å². The fourth-order valence-electron chi connectivity index (χ4n) is 4.02. The van der Waals surface area contributed by atoms with E-state index >= 15 is 0 Å². The van der Waals surface area contributed by atoms with E-state index in [1.54, 1.807) is 0 Å². The Labute approximate surface area is 148 Å². The Morgan fingerprint density at radius 2 is 2.20 bits per heavy atom. The quantitative estimate of drug-likeness (QED) is 0.856. The Hall–Kier alpha value is -2.08. The minimum atomic E-state index is 0.305. The van der Waals surface area contributed by atoms with Crippen molar-refractivity contribution in [3.05, 3.63) is 41.4 Å². The van der Waals surface area contributed by atoms with Gasteiger partial charge in [-0.1, -0.05) is 0 Å². The third kappa shape index (κ3) is 3.49. The van der Waals surface area contributed by atoms with Crippen LogP contribution in [0.15, 0.2) is 22.9 Å². The van der Waals surface area contributed by atoms with Gasteiger partial charge in [0.25, 0.3) is 0 Å². The summed E-state index contributed by atoms with van der Waals surface area (Å²) in [7, 11) is 0. The summed E-state index contributed by atoms with van der Waals surface area (Å²) in [5, 5.41) is 0. The zero-order valence-electron chi connectivity index (χ0n) is 15.1. The Balaban J connectivity index is 1.51. The highest BCUT2D eigenvalue weighted by Gasteiger charge is 2.28. The number of hydrogen-bond acceptors (Lipinski definition) is 4. The van der Waals surface area contributed by atoms with Crippen molar-refractivity contribution in [3.8, 4) is 0 Å². The van der Waals surface area contributed by atoms with Gasteiger partial charge in [-0.25, -0.2) is 4.98 Å². The number of imidazole rings is 1. The van der Waals surface area contributed by atoms with Crippen LogP contribution in [0, 0.1) is 19.8 Å². The first-order valence-corrected chi connectivity index (χ1v) is 9.14. The van der Waals surface area contributed by atoms with E-state index in [9.17, 15) is 4.79 Å². The van der Waals surface area contributed by atoms with E-state index in [-0.39, 0.29) is 0 Å². The van der Waals surface area contributed by atoms with Gasteiger partial charge >= 0.3 is 0 Å². The molecule has 1 atom stereocenters. The number of hydrogen-bond donors (Lipinski definition) is 0. The molecule has 0 aromatic carbocycles. The minimum absolute atomic E-state index is 0.305. The zero-order valence-corrected chi connectivity index (χ0v) is 15.1. The second-order valence-electron chi connectivity index (χ2n) is 7.43. The van der Waals surface area contributed by atoms with Crippen LogP contribution in [0.5, 0.6) is 0 Å². The monoisotopic (exact) mass is 342 g/mol. The number of carbonyl (C=O) groups is 1. The van der Waals surface area contributed by atoms with E-state index in [1.807, 2.05) is 18.0 Å². The van der Waals surface area contributed by atoms with Gasteiger partial charge in [-0.2, -0.15) is 0 Å². The van der Waals surface area contributed by atoms with Crippen molar-refractivity contribution >= 4 is 5.91 Å². The summed E-state index contributed by atoms with van der Waals surface area (Å²) in [5.41, 5.74) is 1.20. The van der Waals surface area contributed by atoms with Gasteiger partial charge in [-0.3, -0.25) is 9.69 Å². The maximum Gasteiger partial charge on any atom is 0.222 e. The summed E-state index contributed by atoms with van der Waals surface area (Å²) in [6, 6.07) is 2.13. The molecule has 0 aliphatic carbocycles. The molecule has 0 N–H and O–H groups in total. The molecule has 1 unspecified atom stereocenters. The smallest absolute Gasteiger partial charge is 0.222 e. The Bertz CT molecular complexity index is 744. The molecule has 2 aromatic rings. The number of amides is 1. The van der Waals surface area contributed by atoms with Gasteiger partial charge in [0.2, 0.25) is 5.91 Å². The Morgan fingerprint density at radius 1 is 1.32 bits per heavy atom. The molecule has 25 heavy (non-hydrogen) atoms. The number of likely N-dealkylation sites (tertiary alicyclic amines) is 1. The number of aryl methyl sites for hydroxylation is 2. The second kappa shape index (κ2) is 6.67. The first kappa shape index (κ1) is 16.4. The minimum Gasteiger partial charge on any atom is -0.465 e. The summed E-state index contributed by atoms with van der Waals surface area (Å²) in [5.74, 6) is 3.81. The summed E-state index contributed by atoms with van der Waals surface area (Å²) in [4.78, 5) is 21.0. The van der Waals surface area contributed by atoms with Crippen molar-refractivity contribution in [1.29, 1.82) is 0 Å². The van der Waals surface area contributed by atoms with Crippen molar-refractivity contribution in [1.82, 2.24) is 19.4 Å². The van der Waals surface area contributed by atoms with E-state index in [0.717, 1.165) is 63.0 Å². The van der Waals surface area contributed by atoms with Crippen LogP contribution in [-0.2, 0) is 24.4 Å². The van der Waals surface area contributed by atoms with Gasteiger partial charge in [-0.15, -0.1) is 0 Å². The third-order valence-corrected chi connectivity index (χ3v) is 5.38. The lowest BCUT2D eigenvalue weighted by atomic mass is 10.1. The highest BCUT2D eigenvalue weighted by atomic mass is 16.3. The third-order valence-electron chi connectivity index (χ3n) is 5.38. The van der Waals surface area contributed by atoms with E-state index in [4.69, 9.17) is 4.42 Å². The van der Waals surface area contributed by atoms with Crippen LogP contribution >= 0.6 is 0 Å². The van der Waals surface area contributed by atoms with Crippen molar-refractivity contribution in [2.45, 2.75) is 46.3 Å². The van der Waals surface area contributed by atoms with Crippen LogP contribution in [0.3, 0.4) is 0 Å². The molecular formula is C19H26N4O2. The van der Waals surface area contributed by atoms with E-state index in [1.165, 1.54) is 5.56 Å². The number of carbonyl (C=O) groups excluding carboxylic acids is 1. The Kier molecular flexibility index (Phi) is 4.37. The van der Waals surface area contributed by atoms with Crippen LogP contribution in [0.25, 0.3) is 0 Å². The molecule has 0 radical (unpaired) electrons. The predicted octanol–water partition coefficient (Wildman–Crippen LogP) is 2.35. The molecule has 2 aliphatic rings. The molecule has 0 bridgehead atoms. The number of nitrogens with zero attached hydrogens (tertiary/aromatic N) is 4. The SMILES string of the molecule is Cc1cc(CN2Cc3nccn3CC(CN3CCCC3=O)C2)oc1C. The van der Waals surface area contributed by atoms with Gasteiger partial charge in [0.05, 0.1) is 13.1 Å². The van der Waals surface area contributed by atoms with Crippen molar-refractivity contribution < 1.29 is 9.21 Å². The van der Waals surface area contributed by atoms with Crippen LogP contribution in [0.2, 0.25) is 0 Å². The molecule has 1 saturated heterocycles. The average molecular weight is 342 g/mol. The molecule has 2 aliphatic heterocycles. The van der Waals surface area contributed by atoms with Crippen molar-refractivity contribution in [2.24, 2.45) is 5.92 Å². The summed E-state index contributed by atoms with van der Waals surface area (Å²) in [6.07, 6.45) is 5.63. The molecule has 4 rings (SSSR count). The first-order valence-electron chi connectivity index (χ1n) is 9.14. The van der Waals surface area contributed by atoms with Crippen molar-refractivity contribution in [2.75, 3.05) is 19.6 Å². The van der Waals surface area contributed by atoms with E-state index in [2.05, 4.69) is 33.6 Å². The fourth-order valence-corrected chi connectivity index (χ4v) is 4.02. The highest BCUT2D eigenvalue weighted by molar-refractivity contribution is 5.78. The summed E-state index contributed by atoms with van der Waals surface area (Å²) in [6.45, 7) is 9.31. The topological polar surface area (TPSA) is 54.5 Å². The summed E-state index contributed by atoms with van der Waals surface area (Å²) >= 11 is 0. The normalized spacial score (nSPS) is 21.6. The molecule has 0 spiro atoms. The largest absolute Gasteiger partial charge is 0.465 e. The first-order chi connectivity index (χ1) is 12.1. The lowest BCUT2D eigenvalue weighted by Crippen LogP contribution is -2.37. The fraction of sp³-hybridized carbons (Fsp3) is 0.579. The molecule has 4 heterocycles. The summed E-state index contributed by atoms with van der Waals surface area (Å²) < 4.78 is 8.12. The number of fused-ring (bicyclic) bond motifs is 1. The highest BCUT2D eigenvalue weighted by Crippen LogP contribution is 2.22. The molecule has 134 valence electrons. The average Bonchev–Trinajstić information content (AvgIpc) is 3.21. The Morgan fingerprint density at radius 3 is 2.92 bits per heavy atom. The van der Waals surface area contributed by atoms with Gasteiger partial charge in [0, 0.05) is 50.9 Å². The van der Waals surface area contributed by atoms with Crippen LogP contribution < -0.4 is 0 Å². The van der Waals surface area contributed by atoms with E-state index in [0.29, 0.717) is 18.2 Å². The van der Waals surface area contributed by atoms with Crippen LogP contribution in [0.4, 0.5) is 0 Å². The number of furan rings is 1. The van der Waals surface area contributed by atoms with Crippen molar-refractivity contribution in [3.63, 3.8) is 0 Å². The van der Waals surface area contributed by atoms with Gasteiger partial charge in [0.1, 0.15) is 17.3 Å². The molecule has 6 heteroatoms. The van der Waals surface area contributed by atoms with Gasteiger partial charge < -0.3 is 13.9 Å². The maximum absolute atomic E-state index is 12.0. The van der Waals surface area contributed by atoms with Gasteiger partial charge in [0.15, 0.2) is 0 Å². The lowest BCUT2D eigenvalue weighted by molar-refractivity contribution is -0.128. The molecule has 1 amide bonds. The molecule has 2 aromatic heterocycles. The zero-order chi connectivity index (χ0) is 17.4. The lowest BCUT2D eigenvalue weighted by Gasteiger charge is -2.26. The predicted molar refractivity (Wildman–Crippen MR) is 93.8 cm³/mol. The number of aromatic nitrogens is 2. The standard InChI is InChI=1S/C19H26N4O2/c1-14-8-17(25-15(14)2)12-21-9-16(11-23-6-3-4-19(23)24)10-22-7-5-20-18(22)13-21/h5,7-8,16H,3-4,6,9-13H2,1-2H3. The van der Waals surface area contributed by atoms with Gasteiger partial charge in [-0.05, 0) is 31.9 Å². The number of rotatable bonds is 4. The van der Waals surface area contributed by atoms with Crippen LogP contribution in [-0.4, -0.2) is 44.9 Å². The second-order valence-corrected chi connectivity index (χ2v) is 7.43. The van der Waals surface area contributed by atoms with E-state index < -0.39 is 0 Å². The molecule has 1 fully saturated rings.